The molecule has 0 radical (unpaired) electrons. The first-order valence-corrected chi connectivity index (χ1v) is 14.8. The summed E-state index contributed by atoms with van der Waals surface area (Å²) in [5, 5.41) is 11.8. The molecule has 226 valence electrons. The van der Waals surface area contributed by atoms with E-state index in [1.165, 1.54) is 36.4 Å². The number of halogens is 5. The van der Waals surface area contributed by atoms with Crippen LogP contribution in [0.2, 0.25) is 0 Å². The summed E-state index contributed by atoms with van der Waals surface area (Å²) < 4.78 is 66.9. The third kappa shape index (κ3) is 6.04. The van der Waals surface area contributed by atoms with Crippen LogP contribution in [0.3, 0.4) is 0 Å². The summed E-state index contributed by atoms with van der Waals surface area (Å²) in [6, 6.07) is 11.9. The molecule has 2 aromatic rings. The Morgan fingerprint density at radius 3 is 2.00 bits per heavy atom. The molecular formula is C33H38F5N3O. The second-order valence-corrected chi connectivity index (χ2v) is 11.7. The van der Waals surface area contributed by atoms with Crippen molar-refractivity contribution in [1.82, 2.24) is 9.80 Å². The monoisotopic (exact) mass is 587 g/mol. The number of aliphatic hydroxyl groups excluding tert-OH is 1. The van der Waals surface area contributed by atoms with Crippen LogP contribution in [0.1, 0.15) is 50.7 Å². The Balaban J connectivity index is 1.22. The molecule has 1 fully saturated rings. The Hall–Kier alpha value is -3.04. The number of alkyl halides is 3. The summed E-state index contributed by atoms with van der Waals surface area (Å²) in [6.07, 6.45) is 2.23. The van der Waals surface area contributed by atoms with Crippen LogP contribution in [0.15, 0.2) is 77.3 Å². The van der Waals surface area contributed by atoms with Crippen LogP contribution in [0.25, 0.3) is 0 Å². The van der Waals surface area contributed by atoms with Crippen LogP contribution in [0.4, 0.5) is 22.0 Å². The number of nitrogens with zero attached hydrogens (tertiary/aromatic N) is 3. The fourth-order valence-electron chi connectivity index (χ4n) is 6.87. The zero-order valence-corrected chi connectivity index (χ0v) is 24.0. The summed E-state index contributed by atoms with van der Waals surface area (Å²) in [5.74, 6) is 0.278. The van der Waals surface area contributed by atoms with Crippen LogP contribution < -0.4 is 0 Å². The molecule has 4 nitrogen and oxygen atoms in total. The summed E-state index contributed by atoms with van der Waals surface area (Å²) in [7, 11) is 0. The Kier molecular flexibility index (Phi) is 8.90. The van der Waals surface area contributed by atoms with E-state index in [4.69, 9.17) is 4.99 Å². The van der Waals surface area contributed by atoms with Gasteiger partial charge in [0, 0.05) is 13.0 Å². The van der Waals surface area contributed by atoms with E-state index in [-0.39, 0.29) is 11.8 Å². The number of benzene rings is 2. The normalized spacial score (nSPS) is 25.0. The minimum atomic E-state index is -4.30. The Bertz CT molecular complexity index is 1270. The lowest BCUT2D eigenvalue weighted by molar-refractivity contribution is -0.0892. The first kappa shape index (κ1) is 30.4. The average molecular weight is 588 g/mol. The van der Waals surface area contributed by atoms with E-state index in [0.717, 1.165) is 44.7 Å². The maximum absolute atomic E-state index is 13.8. The van der Waals surface area contributed by atoms with Crippen molar-refractivity contribution >= 4 is 5.84 Å². The molecule has 2 heterocycles. The number of aliphatic imine (C=N–C) groups is 1. The topological polar surface area (TPSA) is 39.1 Å². The molecule has 42 heavy (non-hydrogen) atoms. The minimum Gasteiger partial charge on any atom is -0.370 e. The summed E-state index contributed by atoms with van der Waals surface area (Å²) in [6.45, 7) is 6.99. The van der Waals surface area contributed by atoms with Gasteiger partial charge in [-0.05, 0) is 92.0 Å². The van der Waals surface area contributed by atoms with Crippen molar-refractivity contribution in [2.75, 3.05) is 26.2 Å². The van der Waals surface area contributed by atoms with Crippen molar-refractivity contribution in [3.05, 3.63) is 95.1 Å². The van der Waals surface area contributed by atoms with Crippen molar-refractivity contribution < 1.29 is 27.1 Å². The van der Waals surface area contributed by atoms with Crippen molar-refractivity contribution in [2.45, 2.75) is 57.5 Å². The van der Waals surface area contributed by atoms with E-state index in [9.17, 15) is 27.1 Å². The maximum atomic E-state index is 13.8. The van der Waals surface area contributed by atoms with Gasteiger partial charge in [0.1, 0.15) is 17.5 Å². The molecule has 3 unspecified atom stereocenters. The predicted molar refractivity (Wildman–Crippen MR) is 154 cm³/mol. The highest BCUT2D eigenvalue weighted by atomic mass is 19.4. The fraction of sp³-hybridized carbons (Fsp3) is 0.485. The SMILES string of the molecule is CCC1=NC(c2ccc(F)cc2)(c2ccc(F)cc2)C(O)N1CCCN1CCC(C2C=CC(C(F)(F)F)=CC2C)CC1. The molecule has 2 aromatic carbocycles. The summed E-state index contributed by atoms with van der Waals surface area (Å²) in [5.41, 5.74) is -0.510. The lowest BCUT2D eigenvalue weighted by Crippen LogP contribution is -2.47. The summed E-state index contributed by atoms with van der Waals surface area (Å²) in [4.78, 5) is 9.29. The lowest BCUT2D eigenvalue weighted by atomic mass is 9.74. The highest BCUT2D eigenvalue weighted by Crippen LogP contribution is 2.44. The van der Waals surface area contributed by atoms with Gasteiger partial charge in [0.15, 0.2) is 11.8 Å². The lowest BCUT2D eigenvalue weighted by Gasteiger charge is -2.38. The van der Waals surface area contributed by atoms with Crippen molar-refractivity contribution in [2.24, 2.45) is 22.7 Å². The van der Waals surface area contributed by atoms with Gasteiger partial charge in [-0.3, -0.25) is 4.99 Å². The van der Waals surface area contributed by atoms with Crippen LogP contribution in [0.5, 0.6) is 0 Å². The molecule has 0 amide bonds. The number of amidine groups is 1. The van der Waals surface area contributed by atoms with Gasteiger partial charge in [-0.2, -0.15) is 13.2 Å². The van der Waals surface area contributed by atoms with Crippen LogP contribution in [-0.4, -0.2) is 59.3 Å². The molecule has 0 saturated carbocycles. The van der Waals surface area contributed by atoms with Gasteiger partial charge in [0.2, 0.25) is 0 Å². The molecule has 0 spiro atoms. The van der Waals surface area contributed by atoms with Gasteiger partial charge in [0.05, 0.1) is 5.57 Å². The maximum Gasteiger partial charge on any atom is 0.416 e. The standard InChI is InChI=1S/C33H38F5N3O/c1-3-30-39-32(24-5-10-27(34)11-6-24,25-7-12-28(35)13-8-25)31(42)41(30)18-4-17-40-19-15-23(16-20-40)29-14-9-26(21-22(29)2)33(36,37)38/h5-14,21-23,29,31,42H,3-4,15-20H2,1-2H3. The largest absolute Gasteiger partial charge is 0.416 e. The van der Waals surface area contributed by atoms with E-state index in [1.54, 1.807) is 30.3 Å². The number of hydrogen-bond donors (Lipinski definition) is 1. The highest BCUT2D eigenvalue weighted by molar-refractivity contribution is 5.85. The smallest absolute Gasteiger partial charge is 0.370 e. The Morgan fingerprint density at radius 2 is 1.50 bits per heavy atom. The quantitative estimate of drug-likeness (QED) is 0.336. The summed E-state index contributed by atoms with van der Waals surface area (Å²) >= 11 is 0. The third-order valence-corrected chi connectivity index (χ3v) is 9.12. The zero-order valence-electron chi connectivity index (χ0n) is 24.0. The van der Waals surface area contributed by atoms with Crippen LogP contribution in [0, 0.1) is 29.4 Å². The molecule has 3 aliphatic rings. The number of rotatable bonds is 8. The molecule has 3 atom stereocenters. The van der Waals surface area contributed by atoms with Gasteiger partial charge in [-0.25, -0.2) is 8.78 Å². The van der Waals surface area contributed by atoms with E-state index in [2.05, 4.69) is 4.90 Å². The first-order valence-electron chi connectivity index (χ1n) is 14.8. The average Bonchev–Trinajstić information content (AvgIpc) is 3.25. The van der Waals surface area contributed by atoms with E-state index in [1.807, 2.05) is 18.7 Å². The fourth-order valence-corrected chi connectivity index (χ4v) is 6.87. The molecule has 0 aromatic heterocycles. The molecule has 1 N–H and O–H groups in total. The van der Waals surface area contributed by atoms with E-state index < -0.39 is 35.2 Å². The Labute approximate surface area is 244 Å². The van der Waals surface area contributed by atoms with Gasteiger partial charge in [-0.15, -0.1) is 0 Å². The number of likely N-dealkylation sites (tertiary alicyclic amines) is 1. The van der Waals surface area contributed by atoms with Gasteiger partial charge >= 0.3 is 6.18 Å². The first-order chi connectivity index (χ1) is 20.0. The molecule has 2 aliphatic heterocycles. The molecule has 1 aliphatic carbocycles. The van der Waals surface area contributed by atoms with Gasteiger partial charge in [-0.1, -0.05) is 56.3 Å². The number of allylic oxidation sites excluding steroid dienone is 4. The second-order valence-electron chi connectivity index (χ2n) is 11.7. The number of piperidine rings is 1. The van der Waals surface area contributed by atoms with Gasteiger partial charge in [0.25, 0.3) is 0 Å². The van der Waals surface area contributed by atoms with E-state index >= 15 is 0 Å². The molecule has 5 rings (SSSR count). The van der Waals surface area contributed by atoms with Crippen molar-refractivity contribution in [3.63, 3.8) is 0 Å². The second kappa shape index (κ2) is 12.3. The van der Waals surface area contributed by atoms with Crippen molar-refractivity contribution in [1.29, 1.82) is 0 Å². The zero-order chi connectivity index (χ0) is 30.1. The van der Waals surface area contributed by atoms with E-state index in [0.29, 0.717) is 30.0 Å². The third-order valence-electron chi connectivity index (χ3n) is 9.12. The number of aliphatic hydroxyl groups is 1. The van der Waals surface area contributed by atoms with Gasteiger partial charge < -0.3 is 14.9 Å². The van der Waals surface area contributed by atoms with Crippen LogP contribution >= 0.6 is 0 Å². The van der Waals surface area contributed by atoms with Crippen LogP contribution in [-0.2, 0) is 5.54 Å². The molecule has 0 bridgehead atoms. The molecule has 1 saturated heterocycles. The highest BCUT2D eigenvalue weighted by Gasteiger charge is 2.50. The molecular weight excluding hydrogens is 549 g/mol. The Morgan fingerprint density at radius 1 is 0.929 bits per heavy atom. The molecule has 9 heteroatoms. The minimum absolute atomic E-state index is 0.118. The predicted octanol–water partition coefficient (Wildman–Crippen LogP) is 7.06. The number of hydrogen-bond acceptors (Lipinski definition) is 4. The van der Waals surface area contributed by atoms with Crippen molar-refractivity contribution in [3.8, 4) is 0 Å².